The van der Waals surface area contributed by atoms with E-state index in [0.717, 1.165) is 26.2 Å². The number of nitrogens with zero attached hydrogens (tertiary/aromatic N) is 1. The average molecular weight is 202 g/mol. The molecule has 14 heavy (non-hydrogen) atoms. The Balaban J connectivity index is 0.000000791. The zero-order valence-electron chi connectivity index (χ0n) is 9.25. The highest BCUT2D eigenvalue weighted by atomic mass is 16.3. The van der Waals surface area contributed by atoms with Gasteiger partial charge in [0.15, 0.2) is 0 Å². The van der Waals surface area contributed by atoms with E-state index in [0.29, 0.717) is 12.8 Å². The fourth-order valence-electron chi connectivity index (χ4n) is 1.30. The topological polar surface area (TPSA) is 52.6 Å². The van der Waals surface area contributed by atoms with Crippen LogP contribution in [-0.4, -0.2) is 48.7 Å². The van der Waals surface area contributed by atoms with Crippen molar-refractivity contribution in [3.05, 3.63) is 0 Å². The molecule has 0 atom stereocenters. The second kappa shape index (κ2) is 8.97. The molecule has 1 aliphatic heterocycles. The lowest BCUT2D eigenvalue weighted by Crippen LogP contribution is -2.46. The number of carbonyl (C=O) groups is 1. The Morgan fingerprint density at radius 3 is 2.43 bits per heavy atom. The van der Waals surface area contributed by atoms with Gasteiger partial charge in [-0.05, 0) is 6.42 Å². The first-order chi connectivity index (χ1) is 6.84. The molecule has 0 bridgehead atoms. The van der Waals surface area contributed by atoms with E-state index in [1.54, 1.807) is 0 Å². The van der Waals surface area contributed by atoms with E-state index in [-0.39, 0.29) is 12.5 Å². The van der Waals surface area contributed by atoms with Gasteiger partial charge in [0.2, 0.25) is 5.91 Å². The summed E-state index contributed by atoms with van der Waals surface area (Å²) in [5, 5.41) is 11.7. The zero-order valence-corrected chi connectivity index (χ0v) is 9.25. The number of carbonyl (C=O) groups excluding carboxylic acids is 1. The van der Waals surface area contributed by atoms with Gasteiger partial charge in [-0.15, -0.1) is 0 Å². The SMILES string of the molecule is CC.O=C(CCCO)N1CCNCC1. The Morgan fingerprint density at radius 2 is 1.93 bits per heavy atom. The highest BCUT2D eigenvalue weighted by Crippen LogP contribution is 1.98. The van der Waals surface area contributed by atoms with Gasteiger partial charge in [0.05, 0.1) is 0 Å². The molecule has 2 N–H and O–H groups in total. The fourth-order valence-corrected chi connectivity index (χ4v) is 1.30. The summed E-state index contributed by atoms with van der Waals surface area (Å²) in [5.41, 5.74) is 0. The third-order valence-electron chi connectivity index (χ3n) is 2.02. The van der Waals surface area contributed by atoms with Crippen molar-refractivity contribution in [2.45, 2.75) is 26.7 Å². The van der Waals surface area contributed by atoms with Crippen LogP contribution in [-0.2, 0) is 4.79 Å². The minimum atomic E-state index is 0.109. The Bertz CT molecular complexity index is 145. The minimum absolute atomic E-state index is 0.109. The predicted octanol–water partition coefficient (Wildman–Crippen LogP) is 0.217. The van der Waals surface area contributed by atoms with Gasteiger partial charge in [0, 0.05) is 39.2 Å². The van der Waals surface area contributed by atoms with Crippen molar-refractivity contribution >= 4 is 5.91 Å². The number of aliphatic hydroxyl groups is 1. The Hall–Kier alpha value is -0.610. The first-order valence-electron chi connectivity index (χ1n) is 5.44. The number of hydrogen-bond donors (Lipinski definition) is 2. The van der Waals surface area contributed by atoms with Crippen LogP contribution in [0.15, 0.2) is 0 Å². The van der Waals surface area contributed by atoms with Crippen LogP contribution in [0.1, 0.15) is 26.7 Å². The van der Waals surface area contributed by atoms with Gasteiger partial charge < -0.3 is 15.3 Å². The molecule has 0 aromatic rings. The predicted molar refractivity (Wildman–Crippen MR) is 57.1 cm³/mol. The van der Waals surface area contributed by atoms with Crippen molar-refractivity contribution in [2.75, 3.05) is 32.8 Å². The summed E-state index contributed by atoms with van der Waals surface area (Å²) in [5.74, 6) is 0.172. The molecular weight excluding hydrogens is 180 g/mol. The van der Waals surface area contributed by atoms with Gasteiger partial charge in [0.25, 0.3) is 0 Å². The first kappa shape index (κ1) is 13.4. The van der Waals surface area contributed by atoms with E-state index in [2.05, 4.69) is 5.32 Å². The first-order valence-corrected chi connectivity index (χ1v) is 5.44. The summed E-state index contributed by atoms with van der Waals surface area (Å²) in [6, 6.07) is 0. The smallest absolute Gasteiger partial charge is 0.222 e. The molecule has 84 valence electrons. The van der Waals surface area contributed by atoms with Crippen LogP contribution in [0.5, 0.6) is 0 Å². The lowest BCUT2D eigenvalue weighted by atomic mass is 10.2. The van der Waals surface area contributed by atoms with Crippen LogP contribution in [0, 0.1) is 0 Å². The molecule has 0 saturated carbocycles. The van der Waals surface area contributed by atoms with E-state index < -0.39 is 0 Å². The summed E-state index contributed by atoms with van der Waals surface area (Å²) >= 11 is 0. The molecule has 0 unspecified atom stereocenters. The lowest BCUT2D eigenvalue weighted by molar-refractivity contribution is -0.132. The van der Waals surface area contributed by atoms with Crippen LogP contribution in [0.3, 0.4) is 0 Å². The number of hydrogen-bond acceptors (Lipinski definition) is 3. The number of amides is 1. The van der Waals surface area contributed by atoms with E-state index >= 15 is 0 Å². The summed E-state index contributed by atoms with van der Waals surface area (Å²) in [6.45, 7) is 7.52. The van der Waals surface area contributed by atoms with Crippen LogP contribution in [0.2, 0.25) is 0 Å². The van der Waals surface area contributed by atoms with Crippen molar-refractivity contribution in [3.63, 3.8) is 0 Å². The van der Waals surface area contributed by atoms with E-state index in [1.165, 1.54) is 0 Å². The molecule has 1 aliphatic rings. The molecule has 1 amide bonds. The van der Waals surface area contributed by atoms with E-state index in [9.17, 15) is 4.79 Å². The lowest BCUT2D eigenvalue weighted by Gasteiger charge is -2.27. The van der Waals surface area contributed by atoms with Crippen LogP contribution < -0.4 is 5.32 Å². The van der Waals surface area contributed by atoms with Crippen LogP contribution >= 0.6 is 0 Å². The Morgan fingerprint density at radius 1 is 1.36 bits per heavy atom. The van der Waals surface area contributed by atoms with Gasteiger partial charge in [-0.1, -0.05) is 13.8 Å². The largest absolute Gasteiger partial charge is 0.396 e. The molecule has 0 aromatic heterocycles. The summed E-state index contributed by atoms with van der Waals surface area (Å²) < 4.78 is 0. The van der Waals surface area contributed by atoms with Gasteiger partial charge in [-0.25, -0.2) is 0 Å². The number of aliphatic hydroxyl groups excluding tert-OH is 1. The molecule has 0 spiro atoms. The normalized spacial score (nSPS) is 15.8. The molecule has 1 fully saturated rings. The number of nitrogens with one attached hydrogen (secondary N) is 1. The number of rotatable bonds is 3. The average Bonchev–Trinajstić information content (AvgIpc) is 2.30. The third-order valence-corrected chi connectivity index (χ3v) is 2.02. The van der Waals surface area contributed by atoms with Crippen molar-refractivity contribution in [1.29, 1.82) is 0 Å². The minimum Gasteiger partial charge on any atom is -0.396 e. The summed E-state index contributed by atoms with van der Waals surface area (Å²) in [6.07, 6.45) is 1.07. The molecule has 4 nitrogen and oxygen atoms in total. The monoisotopic (exact) mass is 202 g/mol. The molecular formula is C10H22N2O2. The van der Waals surface area contributed by atoms with Gasteiger partial charge in [0.1, 0.15) is 0 Å². The van der Waals surface area contributed by atoms with Crippen LogP contribution in [0.25, 0.3) is 0 Å². The van der Waals surface area contributed by atoms with E-state index in [1.807, 2.05) is 18.7 Å². The quantitative estimate of drug-likeness (QED) is 0.688. The van der Waals surface area contributed by atoms with Crippen molar-refractivity contribution in [3.8, 4) is 0 Å². The Labute approximate surface area is 86.3 Å². The highest BCUT2D eigenvalue weighted by molar-refractivity contribution is 5.76. The molecule has 1 saturated heterocycles. The number of piperazine rings is 1. The van der Waals surface area contributed by atoms with Gasteiger partial charge >= 0.3 is 0 Å². The summed E-state index contributed by atoms with van der Waals surface area (Å²) in [4.78, 5) is 13.2. The van der Waals surface area contributed by atoms with Gasteiger partial charge in [-0.3, -0.25) is 4.79 Å². The maximum Gasteiger partial charge on any atom is 0.222 e. The highest BCUT2D eigenvalue weighted by Gasteiger charge is 2.14. The Kier molecular flexibility index (Phi) is 8.57. The van der Waals surface area contributed by atoms with Crippen molar-refractivity contribution < 1.29 is 9.90 Å². The molecule has 0 aromatic carbocycles. The zero-order chi connectivity index (χ0) is 10.8. The fraction of sp³-hybridized carbons (Fsp3) is 0.900. The maximum atomic E-state index is 11.3. The molecule has 1 rings (SSSR count). The van der Waals surface area contributed by atoms with Gasteiger partial charge in [-0.2, -0.15) is 0 Å². The standard InChI is InChI=1S/C8H16N2O2.C2H6/c11-7-1-2-8(12)10-5-3-9-4-6-10;1-2/h9,11H,1-7H2;1-2H3. The molecule has 4 heteroatoms. The maximum absolute atomic E-state index is 11.3. The second-order valence-corrected chi connectivity index (χ2v) is 2.96. The second-order valence-electron chi connectivity index (χ2n) is 2.96. The van der Waals surface area contributed by atoms with Crippen molar-refractivity contribution in [2.24, 2.45) is 0 Å². The third kappa shape index (κ3) is 5.19. The van der Waals surface area contributed by atoms with E-state index in [4.69, 9.17) is 5.11 Å². The molecule has 0 radical (unpaired) electrons. The summed E-state index contributed by atoms with van der Waals surface area (Å²) in [7, 11) is 0. The molecule has 0 aliphatic carbocycles. The van der Waals surface area contributed by atoms with Crippen molar-refractivity contribution in [1.82, 2.24) is 10.2 Å². The van der Waals surface area contributed by atoms with Crippen LogP contribution in [0.4, 0.5) is 0 Å². The molecule has 1 heterocycles.